The molecule has 1 unspecified atom stereocenters. The predicted octanol–water partition coefficient (Wildman–Crippen LogP) is 2.38. The van der Waals surface area contributed by atoms with Crippen molar-refractivity contribution in [2.24, 2.45) is 5.73 Å². The molecule has 114 valence electrons. The van der Waals surface area contributed by atoms with Gasteiger partial charge in [-0.3, -0.25) is 0 Å². The van der Waals surface area contributed by atoms with Crippen molar-refractivity contribution >= 4 is 28.9 Å². The predicted molar refractivity (Wildman–Crippen MR) is 83.9 cm³/mol. The summed E-state index contributed by atoms with van der Waals surface area (Å²) in [4.78, 5) is 14.0. The highest BCUT2D eigenvalue weighted by Crippen LogP contribution is 2.30. The normalized spacial score (nSPS) is 18.4. The van der Waals surface area contributed by atoms with Crippen molar-refractivity contribution in [1.29, 1.82) is 0 Å². The van der Waals surface area contributed by atoms with Crippen LogP contribution in [0.15, 0.2) is 18.2 Å². The minimum Gasteiger partial charge on any atom is -0.464 e. The van der Waals surface area contributed by atoms with E-state index in [9.17, 15) is 9.18 Å². The SMILES string of the molecule is CCOC(=O)C1CCCCN1c1cccc(F)c1C(N)=S. The molecule has 2 rings (SSSR count). The topological polar surface area (TPSA) is 55.6 Å². The van der Waals surface area contributed by atoms with E-state index in [0.717, 1.165) is 12.8 Å². The number of nitrogens with zero attached hydrogens (tertiary/aromatic N) is 1. The summed E-state index contributed by atoms with van der Waals surface area (Å²) in [5, 5.41) is 0. The molecule has 1 saturated heterocycles. The van der Waals surface area contributed by atoms with Gasteiger partial charge in [-0.2, -0.15) is 0 Å². The van der Waals surface area contributed by atoms with E-state index < -0.39 is 11.9 Å². The number of benzene rings is 1. The molecule has 0 aliphatic carbocycles. The maximum Gasteiger partial charge on any atom is 0.328 e. The summed E-state index contributed by atoms with van der Waals surface area (Å²) < 4.78 is 19.1. The number of esters is 1. The number of thiocarbonyl (C=S) groups is 1. The quantitative estimate of drug-likeness (QED) is 0.683. The minimum atomic E-state index is -0.465. The molecular formula is C15H19FN2O2S. The maximum absolute atomic E-state index is 14.0. The number of halogens is 1. The van der Waals surface area contributed by atoms with Gasteiger partial charge in [-0.25, -0.2) is 9.18 Å². The van der Waals surface area contributed by atoms with Crippen LogP contribution in [0.5, 0.6) is 0 Å². The van der Waals surface area contributed by atoms with E-state index >= 15 is 0 Å². The first kappa shape index (κ1) is 15.7. The van der Waals surface area contributed by atoms with Gasteiger partial charge in [0.2, 0.25) is 0 Å². The molecule has 4 nitrogen and oxygen atoms in total. The number of anilines is 1. The Morgan fingerprint density at radius 2 is 2.29 bits per heavy atom. The van der Waals surface area contributed by atoms with Crippen LogP contribution >= 0.6 is 12.2 Å². The molecular weight excluding hydrogens is 291 g/mol. The van der Waals surface area contributed by atoms with E-state index in [2.05, 4.69) is 0 Å². The molecule has 0 spiro atoms. The lowest BCUT2D eigenvalue weighted by Gasteiger charge is -2.36. The average molecular weight is 310 g/mol. The number of rotatable bonds is 4. The monoisotopic (exact) mass is 310 g/mol. The number of piperidine rings is 1. The number of hydrogen-bond donors (Lipinski definition) is 1. The Morgan fingerprint density at radius 1 is 1.52 bits per heavy atom. The second-order valence-electron chi connectivity index (χ2n) is 4.96. The van der Waals surface area contributed by atoms with Crippen molar-refractivity contribution in [2.75, 3.05) is 18.1 Å². The molecule has 0 aromatic heterocycles. The lowest BCUT2D eigenvalue weighted by molar-refractivity contribution is -0.145. The Kier molecular flexibility index (Phi) is 5.12. The van der Waals surface area contributed by atoms with E-state index in [1.807, 2.05) is 4.90 Å². The Bertz CT molecular complexity index is 550. The van der Waals surface area contributed by atoms with Crippen LogP contribution in [0.2, 0.25) is 0 Å². The molecule has 0 amide bonds. The van der Waals surface area contributed by atoms with Gasteiger partial charge in [0.1, 0.15) is 16.8 Å². The van der Waals surface area contributed by atoms with Gasteiger partial charge in [-0.1, -0.05) is 18.3 Å². The van der Waals surface area contributed by atoms with Crippen LogP contribution in [0.25, 0.3) is 0 Å². The third-order valence-corrected chi connectivity index (χ3v) is 3.81. The summed E-state index contributed by atoms with van der Waals surface area (Å²) in [6.45, 7) is 2.75. The Balaban J connectivity index is 2.40. The second-order valence-corrected chi connectivity index (χ2v) is 5.40. The first-order valence-electron chi connectivity index (χ1n) is 7.07. The van der Waals surface area contributed by atoms with E-state index in [4.69, 9.17) is 22.7 Å². The number of ether oxygens (including phenoxy) is 1. The lowest BCUT2D eigenvalue weighted by Crippen LogP contribution is -2.46. The summed E-state index contributed by atoms with van der Waals surface area (Å²) in [6.07, 6.45) is 2.56. The first-order chi connectivity index (χ1) is 10.1. The van der Waals surface area contributed by atoms with Crippen LogP contribution in [-0.4, -0.2) is 30.2 Å². The highest BCUT2D eigenvalue weighted by atomic mass is 32.1. The number of carbonyl (C=O) groups is 1. The standard InChI is InChI=1S/C15H19FN2O2S/c1-2-20-15(19)12-7-3-4-9-18(12)11-8-5-6-10(16)13(11)14(17)21/h5-6,8,12H,2-4,7,9H2,1H3,(H2,17,21). The molecule has 21 heavy (non-hydrogen) atoms. The van der Waals surface area contributed by atoms with E-state index in [0.29, 0.717) is 25.3 Å². The Labute approximate surface area is 129 Å². The van der Waals surface area contributed by atoms with Gasteiger partial charge < -0.3 is 15.4 Å². The summed E-state index contributed by atoms with van der Waals surface area (Å²) in [5.74, 6) is -0.747. The fraction of sp³-hybridized carbons (Fsp3) is 0.467. The largest absolute Gasteiger partial charge is 0.464 e. The second kappa shape index (κ2) is 6.85. The smallest absolute Gasteiger partial charge is 0.328 e. The Hall–Kier alpha value is -1.69. The molecule has 2 N–H and O–H groups in total. The summed E-state index contributed by atoms with van der Waals surface area (Å²) in [5.41, 5.74) is 6.42. The van der Waals surface area contributed by atoms with Crippen LogP contribution in [0.3, 0.4) is 0 Å². The molecule has 1 aromatic carbocycles. The van der Waals surface area contributed by atoms with Crippen LogP contribution in [0.1, 0.15) is 31.7 Å². The molecule has 1 atom stereocenters. The van der Waals surface area contributed by atoms with Gasteiger partial charge in [-0.15, -0.1) is 0 Å². The van der Waals surface area contributed by atoms with Crippen molar-refractivity contribution in [3.63, 3.8) is 0 Å². The first-order valence-corrected chi connectivity index (χ1v) is 7.48. The highest BCUT2D eigenvalue weighted by molar-refractivity contribution is 7.80. The third-order valence-electron chi connectivity index (χ3n) is 3.61. The molecule has 0 bridgehead atoms. The summed E-state index contributed by atoms with van der Waals surface area (Å²) in [7, 11) is 0. The summed E-state index contributed by atoms with van der Waals surface area (Å²) in [6, 6.07) is 4.26. The molecule has 1 aliphatic heterocycles. The van der Waals surface area contributed by atoms with Gasteiger partial charge in [0, 0.05) is 6.54 Å². The van der Waals surface area contributed by atoms with Crippen LogP contribution in [0.4, 0.5) is 10.1 Å². The van der Waals surface area contributed by atoms with Gasteiger partial charge in [0.05, 0.1) is 17.9 Å². The minimum absolute atomic E-state index is 0.00344. The molecule has 0 radical (unpaired) electrons. The van der Waals surface area contributed by atoms with Crippen molar-refractivity contribution in [2.45, 2.75) is 32.2 Å². The number of hydrogen-bond acceptors (Lipinski definition) is 4. The molecule has 1 fully saturated rings. The van der Waals surface area contributed by atoms with Gasteiger partial charge in [0.15, 0.2) is 0 Å². The fourth-order valence-corrected chi connectivity index (χ4v) is 2.90. The lowest BCUT2D eigenvalue weighted by atomic mass is 9.99. The fourth-order valence-electron chi connectivity index (χ4n) is 2.70. The average Bonchev–Trinajstić information content (AvgIpc) is 2.47. The number of carbonyl (C=O) groups excluding carboxylic acids is 1. The van der Waals surface area contributed by atoms with E-state index in [-0.39, 0.29) is 16.5 Å². The van der Waals surface area contributed by atoms with Crippen LogP contribution in [0, 0.1) is 5.82 Å². The third kappa shape index (κ3) is 3.32. The zero-order valence-corrected chi connectivity index (χ0v) is 12.8. The van der Waals surface area contributed by atoms with Crippen molar-refractivity contribution in [1.82, 2.24) is 0 Å². The van der Waals surface area contributed by atoms with Gasteiger partial charge in [0.25, 0.3) is 0 Å². The molecule has 6 heteroatoms. The summed E-state index contributed by atoms with van der Waals surface area (Å²) >= 11 is 4.96. The zero-order valence-electron chi connectivity index (χ0n) is 12.0. The maximum atomic E-state index is 14.0. The van der Waals surface area contributed by atoms with Crippen LogP contribution in [-0.2, 0) is 9.53 Å². The molecule has 0 saturated carbocycles. The van der Waals surface area contributed by atoms with Crippen molar-refractivity contribution < 1.29 is 13.9 Å². The van der Waals surface area contributed by atoms with E-state index in [1.54, 1.807) is 19.1 Å². The number of nitrogens with two attached hydrogens (primary N) is 1. The van der Waals surface area contributed by atoms with Gasteiger partial charge in [-0.05, 0) is 38.3 Å². The van der Waals surface area contributed by atoms with Crippen molar-refractivity contribution in [3.8, 4) is 0 Å². The molecule has 1 heterocycles. The molecule has 1 aliphatic rings. The van der Waals surface area contributed by atoms with E-state index in [1.165, 1.54) is 6.07 Å². The molecule has 1 aromatic rings. The Morgan fingerprint density at radius 3 is 2.95 bits per heavy atom. The van der Waals surface area contributed by atoms with Crippen LogP contribution < -0.4 is 10.6 Å². The van der Waals surface area contributed by atoms with Crippen molar-refractivity contribution in [3.05, 3.63) is 29.6 Å². The highest BCUT2D eigenvalue weighted by Gasteiger charge is 2.32. The zero-order chi connectivity index (χ0) is 15.4. The van der Waals surface area contributed by atoms with Gasteiger partial charge >= 0.3 is 5.97 Å².